The molecule has 0 radical (unpaired) electrons. The molecule has 0 aromatic rings. The fourth-order valence-corrected chi connectivity index (χ4v) is 8.67. The quantitative estimate of drug-likeness (QED) is 0.0369. The first-order valence-electron chi connectivity index (χ1n) is 28.5. The van der Waals surface area contributed by atoms with Crippen molar-refractivity contribution >= 4 is 53.2 Å². The summed E-state index contributed by atoms with van der Waals surface area (Å²) in [5, 5.41) is 22.3. The van der Waals surface area contributed by atoms with Crippen molar-refractivity contribution in [2.45, 2.75) is 233 Å². The number of primary amides is 1. The summed E-state index contributed by atoms with van der Waals surface area (Å²) in [6.45, 7) is 20.2. The summed E-state index contributed by atoms with van der Waals surface area (Å²) in [5.74, 6) is -5.89. The van der Waals surface area contributed by atoms with Gasteiger partial charge in [0, 0.05) is 0 Å². The molecule has 0 fully saturated rings. The maximum absolute atomic E-state index is 14.4. The molecule has 0 aliphatic carbocycles. The predicted molar refractivity (Wildman–Crippen MR) is 302 cm³/mol. The Bertz CT molecular complexity index is 1790. The van der Waals surface area contributed by atoms with E-state index in [0.717, 1.165) is 0 Å². The normalized spacial score (nSPS) is 15.1. The van der Waals surface area contributed by atoms with E-state index in [-0.39, 0.29) is 81.0 Å². The Morgan fingerprint density at radius 1 is 0.286 bits per heavy atom. The molecule has 0 saturated carbocycles. The first-order chi connectivity index (χ1) is 36.2. The molecule has 0 heterocycles. The van der Waals surface area contributed by atoms with E-state index in [0.29, 0.717) is 84.0 Å². The predicted octanol–water partition coefficient (Wildman–Crippen LogP) is 0.424. The minimum absolute atomic E-state index is 0.0324. The van der Waals surface area contributed by atoms with Crippen LogP contribution in [0.3, 0.4) is 0 Å². The smallest absolute Gasteiger partial charge is 0.243 e. The van der Waals surface area contributed by atoms with Gasteiger partial charge in [-0.25, -0.2) is 0 Å². The van der Waals surface area contributed by atoms with Gasteiger partial charge in [-0.1, -0.05) is 69.2 Å². The van der Waals surface area contributed by atoms with Crippen LogP contribution < -0.4 is 76.9 Å². The molecule has 0 aromatic carbocycles. The van der Waals surface area contributed by atoms with Gasteiger partial charge >= 0.3 is 0 Å². The Morgan fingerprint density at radius 2 is 0.481 bits per heavy atom. The van der Waals surface area contributed by atoms with E-state index in [9.17, 15) is 43.2 Å². The summed E-state index contributed by atoms with van der Waals surface area (Å²) in [6.07, 6.45) is 5.99. The van der Waals surface area contributed by atoms with Crippen molar-refractivity contribution in [3.05, 3.63) is 0 Å². The average molecular weight is 1100 g/mol. The van der Waals surface area contributed by atoms with Gasteiger partial charge < -0.3 is 76.9 Å². The monoisotopic (exact) mass is 1090 g/mol. The zero-order valence-electron chi connectivity index (χ0n) is 48.6. The lowest BCUT2D eigenvalue weighted by atomic mass is 9.99. The van der Waals surface area contributed by atoms with Crippen LogP contribution in [-0.2, 0) is 43.2 Å². The summed E-state index contributed by atoms with van der Waals surface area (Å²) in [5.41, 5.74) is 34.9. The first kappa shape index (κ1) is 72.0. The van der Waals surface area contributed by atoms with Gasteiger partial charge in [0.25, 0.3) is 0 Å². The van der Waals surface area contributed by atoms with Gasteiger partial charge in [-0.05, 0) is 165 Å². The number of nitrogens with two attached hydrogens (primary N) is 6. The highest BCUT2D eigenvalue weighted by Crippen LogP contribution is 2.15. The van der Waals surface area contributed by atoms with E-state index in [1.807, 2.05) is 69.2 Å². The maximum Gasteiger partial charge on any atom is 0.243 e. The van der Waals surface area contributed by atoms with Crippen molar-refractivity contribution in [1.82, 2.24) is 42.5 Å². The molecule has 0 bridgehead atoms. The van der Waals surface area contributed by atoms with Crippen LogP contribution in [0.25, 0.3) is 0 Å². The minimum Gasteiger partial charge on any atom is -0.368 e. The number of hydrogen-bond donors (Lipinski definition) is 14. The van der Waals surface area contributed by atoms with Crippen LogP contribution in [0.5, 0.6) is 0 Å². The minimum atomic E-state index is -1.19. The van der Waals surface area contributed by atoms with Gasteiger partial charge in [-0.2, -0.15) is 0 Å². The summed E-state index contributed by atoms with van der Waals surface area (Å²) < 4.78 is 0. The van der Waals surface area contributed by atoms with E-state index in [4.69, 9.17) is 34.4 Å². The molecule has 0 spiro atoms. The Morgan fingerprint density at radius 3 is 0.701 bits per heavy atom. The number of unbranched alkanes of at least 4 members (excludes halogenated alkanes) is 4. The summed E-state index contributed by atoms with van der Waals surface area (Å²) in [7, 11) is 0. The van der Waals surface area contributed by atoms with Crippen LogP contribution in [0.2, 0.25) is 0 Å². The molecule has 20 N–H and O–H groups in total. The van der Waals surface area contributed by atoms with E-state index >= 15 is 0 Å². The highest BCUT2D eigenvalue weighted by Gasteiger charge is 2.35. The van der Waals surface area contributed by atoms with Crippen LogP contribution in [0.15, 0.2) is 0 Å². The van der Waals surface area contributed by atoms with E-state index in [1.165, 1.54) is 0 Å². The molecular formula is C54H106N14O9. The fourth-order valence-electron chi connectivity index (χ4n) is 8.67. The summed E-state index contributed by atoms with van der Waals surface area (Å²) in [6, 6.07) is -9.70. The average Bonchev–Trinajstić information content (AvgIpc) is 3.33. The highest BCUT2D eigenvalue weighted by atomic mass is 16.2. The third-order valence-corrected chi connectivity index (χ3v) is 12.8. The van der Waals surface area contributed by atoms with Gasteiger partial charge in [0.15, 0.2) is 0 Å². The summed E-state index contributed by atoms with van der Waals surface area (Å²) in [4.78, 5) is 124. The molecule has 0 aliphatic rings. The number of amides is 9. The largest absolute Gasteiger partial charge is 0.368 e. The molecule has 0 aromatic heterocycles. The highest BCUT2D eigenvalue weighted by molar-refractivity contribution is 5.98. The zero-order chi connectivity index (χ0) is 58.8. The number of carbonyl (C=O) groups excluding carboxylic acids is 9. The first-order valence-corrected chi connectivity index (χ1v) is 28.5. The topological polar surface area (TPSA) is 406 Å². The van der Waals surface area contributed by atoms with Gasteiger partial charge in [0.1, 0.15) is 48.3 Å². The van der Waals surface area contributed by atoms with Gasteiger partial charge in [-0.15, -0.1) is 0 Å². The second-order valence-electron chi connectivity index (χ2n) is 22.8. The van der Waals surface area contributed by atoms with Crippen molar-refractivity contribution in [3.63, 3.8) is 0 Å². The van der Waals surface area contributed by atoms with E-state index < -0.39 is 108 Å². The molecule has 0 unspecified atom stereocenters. The van der Waals surface area contributed by atoms with E-state index in [2.05, 4.69) is 42.5 Å². The number of hydrogen-bond acceptors (Lipinski definition) is 14. The lowest BCUT2D eigenvalue weighted by molar-refractivity contribution is -0.136. The molecular weight excluding hydrogens is 989 g/mol. The Kier molecular flexibility index (Phi) is 37.7. The molecule has 77 heavy (non-hydrogen) atoms. The third kappa shape index (κ3) is 31.9. The molecule has 0 aliphatic heterocycles. The van der Waals surface area contributed by atoms with Crippen LogP contribution >= 0.6 is 0 Å². The standard InChI is InChI=1S/C54H106N14O9/c1-32(2)27-37(59)47(70)61-38(19-11-15-23-55)49(72)66-43(29-34(5)6)53(76)63-40(21-13-17-25-57)51(74)68-45(31-36(9)10)54(77)64-41(22-14-18-26-58)50(73)67-44(30-35(7)8)52(75)62-39(20-12-16-24-56)48(71)65-42(46(60)69)28-33(3)4/h32-45H,11-31,55-59H2,1-10H3,(H2,60,69)(H,61,70)(H,62,75)(H,63,76)(H,64,77)(H,65,71)(H,66,72)(H,67,73)(H,68,74)/t37-,38-,39-,40-,41-,42-,43-,44-,45-/m0/s1. The van der Waals surface area contributed by atoms with E-state index in [1.54, 1.807) is 0 Å². The molecule has 9 atom stereocenters. The van der Waals surface area contributed by atoms with Gasteiger partial charge in [-0.3, -0.25) is 43.2 Å². The summed E-state index contributed by atoms with van der Waals surface area (Å²) >= 11 is 0. The molecule has 446 valence electrons. The van der Waals surface area contributed by atoms with Crippen molar-refractivity contribution in [1.29, 1.82) is 0 Å². The van der Waals surface area contributed by atoms with Crippen molar-refractivity contribution in [2.75, 3.05) is 26.2 Å². The zero-order valence-corrected chi connectivity index (χ0v) is 48.6. The Hall–Kier alpha value is -4.97. The second-order valence-corrected chi connectivity index (χ2v) is 22.8. The molecule has 9 amide bonds. The molecule has 23 nitrogen and oxygen atoms in total. The molecule has 0 saturated heterocycles. The third-order valence-electron chi connectivity index (χ3n) is 12.8. The fraction of sp³-hybridized carbons (Fsp3) is 0.833. The van der Waals surface area contributed by atoms with Crippen molar-refractivity contribution in [3.8, 4) is 0 Å². The number of rotatable bonds is 43. The lowest BCUT2D eigenvalue weighted by Gasteiger charge is -2.29. The van der Waals surface area contributed by atoms with Gasteiger partial charge in [0.2, 0.25) is 53.2 Å². The van der Waals surface area contributed by atoms with Crippen LogP contribution in [0.4, 0.5) is 0 Å². The van der Waals surface area contributed by atoms with Crippen LogP contribution in [0, 0.1) is 29.6 Å². The Labute approximate surface area is 460 Å². The SMILES string of the molecule is CC(C)C[C@H](NC(=O)[C@H](CCCCN)NC(=O)[C@H](CC(C)C)NC(=O)[C@H](CCCCN)NC(=O)[C@H](CC(C)C)NC(=O)[C@H](CCCCN)NC(=O)[C@H](CC(C)C)NC(=O)[C@H](CCCCN)NC(=O)[C@@H](N)CC(C)C)C(N)=O. The molecule has 0 rings (SSSR count). The number of carbonyl (C=O) groups is 9. The lowest BCUT2D eigenvalue weighted by Crippen LogP contribution is -2.60. The van der Waals surface area contributed by atoms with Crippen LogP contribution in [-0.4, -0.2) is 134 Å². The maximum atomic E-state index is 14.4. The Balaban J connectivity index is 6.82. The van der Waals surface area contributed by atoms with Crippen molar-refractivity contribution in [2.24, 2.45) is 64.0 Å². The van der Waals surface area contributed by atoms with Crippen molar-refractivity contribution < 1.29 is 43.2 Å². The van der Waals surface area contributed by atoms with Gasteiger partial charge in [0.05, 0.1) is 6.04 Å². The van der Waals surface area contributed by atoms with Crippen LogP contribution in [0.1, 0.15) is 178 Å². The second kappa shape index (κ2) is 40.2. The molecule has 23 heteroatoms. The number of nitrogens with one attached hydrogen (secondary N) is 8.